The summed E-state index contributed by atoms with van der Waals surface area (Å²) in [5, 5.41) is 0.262. The van der Waals surface area contributed by atoms with Crippen molar-refractivity contribution in [3.05, 3.63) is 28.8 Å². The Morgan fingerprint density at radius 3 is 2.71 bits per heavy atom. The van der Waals surface area contributed by atoms with Crippen LogP contribution < -0.4 is 4.31 Å². The van der Waals surface area contributed by atoms with E-state index in [1.165, 1.54) is 26.3 Å². The molecule has 1 aromatic rings. The minimum Gasteiger partial charge on any atom is -0.755 e. The molecule has 7 heteroatoms. The summed E-state index contributed by atoms with van der Waals surface area (Å²) in [7, 11) is 2.68. The summed E-state index contributed by atoms with van der Waals surface area (Å²) in [5.41, 5.74) is 1.02. The Morgan fingerprint density at radius 2 is 2.24 bits per heavy atom. The third-order valence-corrected chi connectivity index (χ3v) is 3.10. The Labute approximate surface area is 107 Å². The van der Waals surface area contributed by atoms with Gasteiger partial charge in [-0.3, -0.25) is 9.00 Å². The van der Waals surface area contributed by atoms with Crippen LogP contribution >= 0.6 is 11.6 Å². The van der Waals surface area contributed by atoms with Crippen molar-refractivity contribution >= 4 is 34.5 Å². The summed E-state index contributed by atoms with van der Waals surface area (Å²) >= 11 is 3.54. The predicted molar refractivity (Wildman–Crippen MR) is 64.5 cm³/mol. The number of benzene rings is 1. The topological polar surface area (TPSA) is 69.7 Å². The van der Waals surface area contributed by atoms with Crippen molar-refractivity contribution in [1.82, 2.24) is 0 Å². The molecule has 0 saturated carbocycles. The largest absolute Gasteiger partial charge is 0.755 e. The molecule has 1 rings (SSSR count). The second kappa shape index (κ2) is 6.00. The number of methoxy groups -OCH3 is 1. The Morgan fingerprint density at radius 1 is 1.59 bits per heavy atom. The molecule has 0 N–H and O–H groups in total. The predicted octanol–water partition coefficient (Wildman–Crippen LogP) is 1.29. The number of esters is 1. The maximum Gasteiger partial charge on any atom is 0.309 e. The van der Waals surface area contributed by atoms with E-state index >= 15 is 0 Å². The molecule has 0 aliphatic rings. The lowest BCUT2D eigenvalue weighted by Gasteiger charge is -2.22. The van der Waals surface area contributed by atoms with Crippen LogP contribution in [0.25, 0.3) is 0 Å². The molecule has 1 atom stereocenters. The van der Waals surface area contributed by atoms with E-state index in [2.05, 4.69) is 4.74 Å². The Bertz CT molecular complexity index is 452. The molecule has 0 fully saturated rings. The first kappa shape index (κ1) is 14.0. The number of nitrogens with zero attached hydrogens (tertiary/aromatic N) is 1. The smallest absolute Gasteiger partial charge is 0.309 e. The SMILES string of the molecule is COC(=O)Cc1ccc(N(C)S(=O)[O-])c(Cl)c1. The molecule has 1 aromatic carbocycles. The summed E-state index contributed by atoms with van der Waals surface area (Å²) in [6, 6.07) is 4.70. The van der Waals surface area contributed by atoms with Gasteiger partial charge in [-0.05, 0) is 17.7 Å². The van der Waals surface area contributed by atoms with Gasteiger partial charge in [0.25, 0.3) is 0 Å². The van der Waals surface area contributed by atoms with E-state index in [9.17, 15) is 13.6 Å². The molecule has 17 heavy (non-hydrogen) atoms. The zero-order chi connectivity index (χ0) is 13.0. The lowest BCUT2D eigenvalue weighted by molar-refractivity contribution is -0.139. The number of hydrogen-bond acceptors (Lipinski definition) is 4. The first-order valence-corrected chi connectivity index (χ1v) is 6.05. The Hall–Kier alpha value is -1.11. The average Bonchev–Trinajstić information content (AvgIpc) is 2.28. The lowest BCUT2D eigenvalue weighted by Crippen LogP contribution is -2.19. The molecular formula is C10H11ClNO4S-. The highest BCUT2D eigenvalue weighted by Crippen LogP contribution is 2.26. The normalized spacial score (nSPS) is 12.0. The van der Waals surface area contributed by atoms with Crippen LogP contribution in [0.1, 0.15) is 5.56 Å². The zero-order valence-corrected chi connectivity index (χ0v) is 10.9. The number of carbonyl (C=O) groups excluding carboxylic acids is 1. The van der Waals surface area contributed by atoms with E-state index in [0.717, 1.165) is 4.31 Å². The number of ether oxygens (including phenoxy) is 1. The van der Waals surface area contributed by atoms with Crippen molar-refractivity contribution in [3.8, 4) is 0 Å². The second-order valence-electron chi connectivity index (χ2n) is 3.25. The minimum atomic E-state index is -2.38. The van der Waals surface area contributed by atoms with Gasteiger partial charge in [0.05, 0.1) is 24.2 Å². The molecule has 1 unspecified atom stereocenters. The van der Waals surface area contributed by atoms with E-state index in [4.69, 9.17) is 11.6 Å². The van der Waals surface area contributed by atoms with Crippen LogP contribution in [0.4, 0.5) is 5.69 Å². The summed E-state index contributed by atoms with van der Waals surface area (Å²) in [4.78, 5) is 11.0. The second-order valence-corrected chi connectivity index (χ2v) is 4.64. The molecule has 0 amide bonds. The van der Waals surface area contributed by atoms with Crippen LogP contribution in [0.3, 0.4) is 0 Å². The van der Waals surface area contributed by atoms with Crippen LogP contribution in [0.5, 0.6) is 0 Å². The maximum absolute atomic E-state index is 11.0. The molecule has 0 radical (unpaired) electrons. The van der Waals surface area contributed by atoms with Gasteiger partial charge in [0.1, 0.15) is 0 Å². The van der Waals surface area contributed by atoms with Gasteiger partial charge < -0.3 is 13.6 Å². The molecule has 0 heterocycles. The summed E-state index contributed by atoms with van der Waals surface area (Å²) in [5.74, 6) is -0.380. The van der Waals surface area contributed by atoms with Crippen LogP contribution in [0, 0.1) is 0 Å². The zero-order valence-electron chi connectivity index (χ0n) is 9.31. The summed E-state index contributed by atoms with van der Waals surface area (Å²) < 4.78 is 27.0. The van der Waals surface area contributed by atoms with E-state index in [0.29, 0.717) is 11.3 Å². The molecule has 0 spiro atoms. The highest BCUT2D eigenvalue weighted by molar-refractivity contribution is 7.80. The van der Waals surface area contributed by atoms with Gasteiger partial charge in [-0.2, -0.15) is 0 Å². The number of anilines is 1. The van der Waals surface area contributed by atoms with Gasteiger partial charge in [-0.25, -0.2) is 0 Å². The molecule has 0 bridgehead atoms. The van der Waals surface area contributed by atoms with Gasteiger partial charge in [0.15, 0.2) is 0 Å². The van der Waals surface area contributed by atoms with Crippen LogP contribution in [0.2, 0.25) is 5.02 Å². The Balaban J connectivity index is 2.94. The van der Waals surface area contributed by atoms with E-state index in [1.54, 1.807) is 6.07 Å². The molecule has 0 aromatic heterocycles. The highest BCUT2D eigenvalue weighted by atomic mass is 35.5. The van der Waals surface area contributed by atoms with Crippen molar-refractivity contribution in [2.45, 2.75) is 6.42 Å². The number of carbonyl (C=O) groups is 1. The van der Waals surface area contributed by atoms with Crippen LogP contribution in [-0.2, 0) is 27.2 Å². The monoisotopic (exact) mass is 276 g/mol. The average molecular weight is 277 g/mol. The number of hydrogen-bond donors (Lipinski definition) is 0. The van der Waals surface area contributed by atoms with Gasteiger partial charge in [-0.1, -0.05) is 17.7 Å². The number of halogens is 1. The third kappa shape index (κ3) is 3.69. The van der Waals surface area contributed by atoms with Crippen molar-refractivity contribution < 1.29 is 18.3 Å². The van der Waals surface area contributed by atoms with Crippen molar-refractivity contribution in [1.29, 1.82) is 0 Å². The quantitative estimate of drug-likeness (QED) is 0.614. The number of rotatable bonds is 4. The fraction of sp³-hybridized carbons (Fsp3) is 0.300. The van der Waals surface area contributed by atoms with Gasteiger partial charge in [-0.15, -0.1) is 0 Å². The van der Waals surface area contributed by atoms with E-state index in [-0.39, 0.29) is 17.4 Å². The van der Waals surface area contributed by atoms with Crippen molar-refractivity contribution in [2.24, 2.45) is 0 Å². The molecule has 5 nitrogen and oxygen atoms in total. The first-order chi connectivity index (χ1) is 7.95. The first-order valence-electron chi connectivity index (χ1n) is 4.64. The van der Waals surface area contributed by atoms with Gasteiger partial charge in [0, 0.05) is 18.3 Å². The lowest BCUT2D eigenvalue weighted by atomic mass is 10.1. The molecule has 0 saturated heterocycles. The third-order valence-electron chi connectivity index (χ3n) is 2.15. The van der Waals surface area contributed by atoms with Crippen LogP contribution in [-0.4, -0.2) is 28.9 Å². The Kier molecular flexibility index (Phi) is 4.92. The maximum atomic E-state index is 11.0. The molecule has 0 aliphatic carbocycles. The summed E-state index contributed by atoms with van der Waals surface area (Å²) in [6.07, 6.45) is 0.0979. The molecular weight excluding hydrogens is 266 g/mol. The fourth-order valence-electron chi connectivity index (χ4n) is 1.23. The fourth-order valence-corrected chi connectivity index (χ4v) is 1.93. The van der Waals surface area contributed by atoms with Gasteiger partial charge >= 0.3 is 5.97 Å². The standard InChI is InChI=1S/C10H12ClNO4S/c1-12(17(14)15)9-4-3-7(5-8(9)11)6-10(13)16-2/h3-5H,6H2,1-2H3,(H,14,15)/p-1. The molecule has 0 aliphatic heterocycles. The van der Waals surface area contributed by atoms with Crippen LogP contribution in [0.15, 0.2) is 18.2 Å². The highest BCUT2D eigenvalue weighted by Gasteiger charge is 2.09. The molecule has 94 valence electrons. The van der Waals surface area contributed by atoms with Crippen molar-refractivity contribution in [3.63, 3.8) is 0 Å². The minimum absolute atomic E-state index is 0.0979. The van der Waals surface area contributed by atoms with Crippen molar-refractivity contribution in [2.75, 3.05) is 18.5 Å². The van der Waals surface area contributed by atoms with E-state index in [1.807, 2.05) is 0 Å². The van der Waals surface area contributed by atoms with E-state index < -0.39 is 11.3 Å². The van der Waals surface area contributed by atoms with Gasteiger partial charge in [0.2, 0.25) is 0 Å². The summed E-state index contributed by atoms with van der Waals surface area (Å²) in [6.45, 7) is 0.